The highest BCUT2D eigenvalue weighted by atomic mass is 19.4. The molecule has 0 aliphatic rings. The van der Waals surface area contributed by atoms with Gasteiger partial charge in [-0.2, -0.15) is 13.2 Å². The fourth-order valence-electron chi connectivity index (χ4n) is 2.76. The van der Waals surface area contributed by atoms with E-state index in [0.29, 0.717) is 0 Å². The summed E-state index contributed by atoms with van der Waals surface area (Å²) in [5.41, 5.74) is 4.86. The van der Waals surface area contributed by atoms with Crippen LogP contribution < -0.4 is 11.1 Å². The first-order chi connectivity index (χ1) is 13.0. The summed E-state index contributed by atoms with van der Waals surface area (Å²) in [6.07, 6.45) is -4.40. The van der Waals surface area contributed by atoms with Crippen molar-refractivity contribution in [3.63, 3.8) is 0 Å². The lowest BCUT2D eigenvalue weighted by molar-refractivity contribution is -0.142. The van der Waals surface area contributed by atoms with Crippen molar-refractivity contribution in [1.29, 1.82) is 0 Å². The molecular formula is C17H18F3N3O5. The normalized spacial score (nSPS) is 13.9. The van der Waals surface area contributed by atoms with Crippen LogP contribution in [0.1, 0.15) is 24.0 Å². The smallest absolute Gasteiger partial charge is 0.417 e. The lowest BCUT2D eigenvalue weighted by Crippen LogP contribution is -2.49. The van der Waals surface area contributed by atoms with Crippen molar-refractivity contribution in [2.45, 2.75) is 37.5 Å². The molecule has 1 heterocycles. The number of carbonyl (C=O) groups excluding carboxylic acids is 1. The molecule has 0 radical (unpaired) electrons. The molecule has 2 atom stereocenters. The first kappa shape index (κ1) is 21.2. The zero-order valence-corrected chi connectivity index (χ0v) is 14.4. The van der Waals surface area contributed by atoms with Crippen molar-refractivity contribution < 1.29 is 37.8 Å². The predicted molar refractivity (Wildman–Crippen MR) is 91.4 cm³/mol. The highest BCUT2D eigenvalue weighted by Crippen LogP contribution is 2.36. The van der Waals surface area contributed by atoms with Gasteiger partial charge in [0.25, 0.3) is 0 Å². The van der Waals surface area contributed by atoms with Crippen LogP contribution in [-0.2, 0) is 27.0 Å². The molecule has 0 aliphatic carbocycles. The van der Waals surface area contributed by atoms with Crippen LogP contribution in [0, 0.1) is 0 Å². The number of nitrogens with two attached hydrogens (primary N) is 1. The van der Waals surface area contributed by atoms with Gasteiger partial charge in [-0.05, 0) is 24.1 Å². The van der Waals surface area contributed by atoms with Gasteiger partial charge in [0.1, 0.15) is 6.04 Å². The third-order valence-corrected chi connectivity index (χ3v) is 4.14. The van der Waals surface area contributed by atoms with Crippen LogP contribution in [-0.4, -0.2) is 45.1 Å². The molecule has 1 amide bonds. The molecule has 0 spiro atoms. The third-order valence-electron chi connectivity index (χ3n) is 4.14. The van der Waals surface area contributed by atoms with E-state index in [1.54, 1.807) is 0 Å². The van der Waals surface area contributed by atoms with Crippen molar-refractivity contribution in [3.05, 3.63) is 35.5 Å². The van der Waals surface area contributed by atoms with Gasteiger partial charge < -0.3 is 26.2 Å². The second-order valence-electron chi connectivity index (χ2n) is 6.18. The molecule has 11 heteroatoms. The van der Waals surface area contributed by atoms with Crippen LogP contribution in [0.3, 0.4) is 0 Å². The number of nitrogens with one attached hydrogen (secondary N) is 2. The summed E-state index contributed by atoms with van der Waals surface area (Å²) in [7, 11) is 0. The second-order valence-corrected chi connectivity index (χ2v) is 6.18. The van der Waals surface area contributed by atoms with E-state index in [2.05, 4.69) is 10.3 Å². The standard InChI is InChI=1S/C17H18F3N3O5/c18-17(19,20)9-2-1-3-11-14(9)8(7-22-11)6-12(16(27)28)23-15(26)10(21)4-5-13(24)25/h1-3,7,10,12,22H,4-6,21H2,(H,23,26)(H,24,25)(H,27,28)/t10-,12-/m0/s1. The number of carboxylic acid groups (broad SMARTS) is 2. The molecule has 0 unspecified atom stereocenters. The lowest BCUT2D eigenvalue weighted by Gasteiger charge is -2.18. The van der Waals surface area contributed by atoms with E-state index in [1.807, 2.05) is 0 Å². The molecule has 1 aromatic carbocycles. The Bertz CT molecular complexity index is 894. The summed E-state index contributed by atoms with van der Waals surface area (Å²) in [5.74, 6) is -3.53. The van der Waals surface area contributed by atoms with E-state index in [4.69, 9.17) is 10.8 Å². The monoisotopic (exact) mass is 401 g/mol. The number of rotatable bonds is 8. The van der Waals surface area contributed by atoms with E-state index < -0.39 is 48.1 Å². The molecule has 28 heavy (non-hydrogen) atoms. The molecule has 0 bridgehead atoms. The summed E-state index contributed by atoms with van der Waals surface area (Å²) >= 11 is 0. The van der Waals surface area contributed by atoms with Crippen molar-refractivity contribution in [2.75, 3.05) is 0 Å². The van der Waals surface area contributed by atoms with Crippen LogP contribution in [0.5, 0.6) is 0 Å². The van der Waals surface area contributed by atoms with Crippen LogP contribution >= 0.6 is 0 Å². The number of amides is 1. The number of carbonyl (C=O) groups is 3. The minimum Gasteiger partial charge on any atom is -0.481 e. The summed E-state index contributed by atoms with van der Waals surface area (Å²) < 4.78 is 39.8. The molecule has 2 rings (SSSR count). The first-order valence-electron chi connectivity index (χ1n) is 8.17. The van der Waals surface area contributed by atoms with Crippen LogP contribution in [0.4, 0.5) is 13.2 Å². The zero-order chi connectivity index (χ0) is 21.1. The fourth-order valence-corrected chi connectivity index (χ4v) is 2.76. The number of carboxylic acids is 2. The lowest BCUT2D eigenvalue weighted by atomic mass is 10.00. The third kappa shape index (κ3) is 5.00. The molecule has 0 saturated carbocycles. The maximum absolute atomic E-state index is 13.3. The minimum absolute atomic E-state index is 0.0646. The summed E-state index contributed by atoms with van der Waals surface area (Å²) in [6.45, 7) is 0. The Kier molecular flexibility index (Phi) is 6.29. The van der Waals surface area contributed by atoms with E-state index in [1.165, 1.54) is 18.3 Å². The van der Waals surface area contributed by atoms with Crippen molar-refractivity contribution in [3.8, 4) is 0 Å². The summed E-state index contributed by atoms with van der Waals surface area (Å²) in [6, 6.07) is 0.735. The molecule has 0 fully saturated rings. The van der Waals surface area contributed by atoms with Crippen molar-refractivity contribution >= 4 is 28.7 Å². The van der Waals surface area contributed by atoms with Gasteiger partial charge in [0, 0.05) is 29.9 Å². The van der Waals surface area contributed by atoms with Crippen molar-refractivity contribution in [2.24, 2.45) is 5.73 Å². The van der Waals surface area contributed by atoms with Gasteiger partial charge in [0.15, 0.2) is 0 Å². The Hall–Kier alpha value is -3.08. The Morgan fingerprint density at radius 3 is 2.46 bits per heavy atom. The van der Waals surface area contributed by atoms with Gasteiger partial charge in [0.05, 0.1) is 11.6 Å². The Morgan fingerprint density at radius 2 is 1.89 bits per heavy atom. The van der Waals surface area contributed by atoms with Gasteiger partial charge in [-0.25, -0.2) is 4.79 Å². The molecule has 2 aromatic rings. The van der Waals surface area contributed by atoms with E-state index >= 15 is 0 Å². The van der Waals surface area contributed by atoms with Gasteiger partial charge in [-0.3, -0.25) is 9.59 Å². The van der Waals surface area contributed by atoms with E-state index in [-0.39, 0.29) is 29.3 Å². The molecule has 0 aliphatic heterocycles. The zero-order valence-electron chi connectivity index (χ0n) is 14.4. The molecule has 152 valence electrons. The number of alkyl halides is 3. The number of benzene rings is 1. The Morgan fingerprint density at radius 1 is 1.21 bits per heavy atom. The number of aliphatic carboxylic acids is 2. The fraction of sp³-hybridized carbons (Fsp3) is 0.353. The molecule has 6 N–H and O–H groups in total. The number of halogens is 3. The van der Waals surface area contributed by atoms with Gasteiger partial charge in [-0.1, -0.05) is 6.07 Å². The van der Waals surface area contributed by atoms with Gasteiger partial charge in [-0.15, -0.1) is 0 Å². The van der Waals surface area contributed by atoms with Crippen molar-refractivity contribution in [1.82, 2.24) is 10.3 Å². The summed E-state index contributed by atoms with van der Waals surface area (Å²) in [4.78, 5) is 36.7. The summed E-state index contributed by atoms with van der Waals surface area (Å²) in [5, 5.41) is 19.9. The Balaban J connectivity index is 2.25. The van der Waals surface area contributed by atoms with Gasteiger partial charge in [0.2, 0.25) is 5.91 Å². The molecular weight excluding hydrogens is 383 g/mol. The Labute approximate surface area is 156 Å². The highest BCUT2D eigenvalue weighted by Gasteiger charge is 2.34. The molecule has 1 aromatic heterocycles. The van der Waals surface area contributed by atoms with E-state index in [9.17, 15) is 32.7 Å². The number of hydrogen-bond donors (Lipinski definition) is 5. The average molecular weight is 401 g/mol. The topological polar surface area (TPSA) is 146 Å². The van der Waals surface area contributed by atoms with Crippen LogP contribution in [0.15, 0.2) is 24.4 Å². The largest absolute Gasteiger partial charge is 0.481 e. The van der Waals surface area contributed by atoms with Gasteiger partial charge >= 0.3 is 18.1 Å². The van der Waals surface area contributed by atoms with Crippen LogP contribution in [0.2, 0.25) is 0 Å². The number of aromatic nitrogens is 1. The maximum atomic E-state index is 13.3. The molecule has 8 nitrogen and oxygen atoms in total. The maximum Gasteiger partial charge on any atom is 0.417 e. The highest BCUT2D eigenvalue weighted by molar-refractivity contribution is 5.90. The predicted octanol–water partition coefficient (Wildman–Crippen LogP) is 1.49. The average Bonchev–Trinajstić information content (AvgIpc) is 3.00. The quantitative estimate of drug-likeness (QED) is 0.453. The van der Waals surface area contributed by atoms with E-state index in [0.717, 1.165) is 6.07 Å². The number of H-pyrrole nitrogens is 1. The SMILES string of the molecule is N[C@@H](CCC(=O)O)C(=O)N[C@@H](Cc1c[nH]c2cccc(C(F)(F)F)c12)C(=O)O. The molecule has 0 saturated heterocycles. The number of aromatic amines is 1. The van der Waals surface area contributed by atoms with Crippen LogP contribution in [0.25, 0.3) is 10.9 Å². The number of fused-ring (bicyclic) bond motifs is 1. The minimum atomic E-state index is -4.64. The first-order valence-corrected chi connectivity index (χ1v) is 8.17. The number of hydrogen-bond acceptors (Lipinski definition) is 4. The second kappa shape index (κ2) is 8.30.